The maximum atomic E-state index is 12.3. The lowest BCUT2D eigenvalue weighted by molar-refractivity contribution is -0.128. The van der Waals surface area contributed by atoms with Crippen molar-refractivity contribution in [2.75, 3.05) is 25.5 Å². The van der Waals surface area contributed by atoms with Crippen LogP contribution in [0.15, 0.2) is 54.6 Å². The second-order valence-electron chi connectivity index (χ2n) is 7.01. The highest BCUT2D eigenvalue weighted by Crippen LogP contribution is 2.08. The van der Waals surface area contributed by atoms with Crippen LogP contribution in [0.25, 0.3) is 0 Å². The maximum Gasteiger partial charge on any atom is 0.238 e. The van der Waals surface area contributed by atoms with Gasteiger partial charge in [-0.1, -0.05) is 48.0 Å². The summed E-state index contributed by atoms with van der Waals surface area (Å²) in [4.78, 5) is 37.9. The third-order valence-electron chi connectivity index (χ3n) is 4.27. The van der Waals surface area contributed by atoms with Gasteiger partial charge in [-0.3, -0.25) is 19.3 Å². The van der Waals surface area contributed by atoms with Gasteiger partial charge in [-0.2, -0.15) is 0 Å². The van der Waals surface area contributed by atoms with Crippen LogP contribution >= 0.6 is 0 Å². The minimum Gasteiger partial charge on any atom is -0.345 e. The number of nitrogens with zero attached hydrogens (tertiary/aromatic N) is 1. The van der Waals surface area contributed by atoms with E-state index < -0.39 is 6.04 Å². The molecule has 6 nitrogen and oxygen atoms in total. The maximum absolute atomic E-state index is 12.3. The van der Waals surface area contributed by atoms with Gasteiger partial charge in [0.2, 0.25) is 11.8 Å². The number of Topliss-reactive ketones (excluding diaryl/α,β-unsaturated/α-hetero) is 1. The molecular formula is C22H27N3O3. The fourth-order valence-electron chi connectivity index (χ4n) is 2.77. The van der Waals surface area contributed by atoms with E-state index in [4.69, 9.17) is 0 Å². The lowest BCUT2D eigenvalue weighted by Gasteiger charge is -2.20. The Morgan fingerprint density at radius 2 is 1.54 bits per heavy atom. The Bertz CT molecular complexity index is 804. The Labute approximate surface area is 165 Å². The van der Waals surface area contributed by atoms with Crippen LogP contribution in [0.3, 0.4) is 0 Å². The van der Waals surface area contributed by atoms with Crippen molar-refractivity contribution in [3.05, 3.63) is 65.7 Å². The molecule has 0 aliphatic carbocycles. The van der Waals surface area contributed by atoms with Gasteiger partial charge in [-0.05, 0) is 45.0 Å². The average Bonchev–Trinajstić information content (AvgIpc) is 2.63. The number of amides is 2. The molecule has 0 spiro atoms. The van der Waals surface area contributed by atoms with Gasteiger partial charge in [0.05, 0.1) is 19.1 Å². The molecule has 0 saturated carbocycles. The highest BCUT2D eigenvalue weighted by molar-refractivity contribution is 5.93. The van der Waals surface area contributed by atoms with E-state index in [1.54, 1.807) is 11.9 Å². The standard InChI is InChI=1S/C22H27N3O3/c1-16-9-11-19(12-10-16)23-21(27)14-25(3)15-22(28)24-20(17(2)26)13-18-7-5-4-6-8-18/h4-12,20H,13-15H2,1-3H3,(H,23,27)(H,24,28)/t20-/m1/s1. The van der Waals surface area contributed by atoms with Crippen LogP contribution in [0.5, 0.6) is 0 Å². The van der Waals surface area contributed by atoms with Gasteiger partial charge in [-0.25, -0.2) is 0 Å². The van der Waals surface area contributed by atoms with E-state index in [2.05, 4.69) is 10.6 Å². The zero-order valence-electron chi connectivity index (χ0n) is 16.6. The van der Waals surface area contributed by atoms with E-state index in [1.165, 1.54) is 6.92 Å². The number of rotatable bonds is 9. The van der Waals surface area contributed by atoms with Gasteiger partial charge in [0.1, 0.15) is 0 Å². The predicted octanol–water partition coefficient (Wildman–Crippen LogP) is 2.18. The van der Waals surface area contributed by atoms with Crippen LogP contribution in [-0.2, 0) is 20.8 Å². The lowest BCUT2D eigenvalue weighted by atomic mass is 10.0. The fourth-order valence-corrected chi connectivity index (χ4v) is 2.77. The van der Waals surface area contributed by atoms with Crippen LogP contribution in [0.1, 0.15) is 18.1 Å². The van der Waals surface area contributed by atoms with Crippen molar-refractivity contribution < 1.29 is 14.4 Å². The SMILES string of the molecule is CC(=O)[C@@H](Cc1ccccc1)NC(=O)CN(C)CC(=O)Nc1ccc(C)cc1. The predicted molar refractivity (Wildman–Crippen MR) is 110 cm³/mol. The zero-order chi connectivity index (χ0) is 20.5. The second-order valence-corrected chi connectivity index (χ2v) is 7.01. The van der Waals surface area contributed by atoms with E-state index in [9.17, 15) is 14.4 Å². The molecule has 0 bridgehead atoms. The van der Waals surface area contributed by atoms with Crippen molar-refractivity contribution in [1.82, 2.24) is 10.2 Å². The van der Waals surface area contributed by atoms with Crippen LogP contribution in [-0.4, -0.2) is 48.7 Å². The summed E-state index contributed by atoms with van der Waals surface area (Å²) < 4.78 is 0. The normalized spacial score (nSPS) is 11.7. The minimum atomic E-state index is -0.579. The summed E-state index contributed by atoms with van der Waals surface area (Å²) in [5, 5.41) is 5.56. The van der Waals surface area contributed by atoms with Gasteiger partial charge >= 0.3 is 0 Å². The monoisotopic (exact) mass is 381 g/mol. The van der Waals surface area contributed by atoms with E-state index in [1.807, 2.05) is 61.5 Å². The van der Waals surface area contributed by atoms with E-state index in [-0.39, 0.29) is 30.7 Å². The molecule has 2 N–H and O–H groups in total. The average molecular weight is 381 g/mol. The molecule has 0 aromatic heterocycles. The summed E-state index contributed by atoms with van der Waals surface area (Å²) in [6, 6.07) is 16.5. The first kappa shape index (κ1) is 21.3. The van der Waals surface area contributed by atoms with Gasteiger partial charge < -0.3 is 10.6 Å². The molecule has 0 heterocycles. The van der Waals surface area contributed by atoms with Crippen LogP contribution < -0.4 is 10.6 Å². The van der Waals surface area contributed by atoms with Crippen molar-refractivity contribution in [2.24, 2.45) is 0 Å². The largest absolute Gasteiger partial charge is 0.345 e. The summed E-state index contributed by atoms with van der Waals surface area (Å²) in [7, 11) is 1.69. The van der Waals surface area contributed by atoms with Crippen molar-refractivity contribution >= 4 is 23.3 Å². The summed E-state index contributed by atoms with van der Waals surface area (Å²) in [5.74, 6) is -0.592. The van der Waals surface area contributed by atoms with Crippen LogP contribution in [0, 0.1) is 6.92 Å². The number of aryl methyl sites for hydroxylation is 1. The first-order valence-electron chi connectivity index (χ1n) is 9.22. The molecule has 0 aliphatic rings. The van der Waals surface area contributed by atoms with Gasteiger partial charge in [0, 0.05) is 5.69 Å². The number of anilines is 1. The van der Waals surface area contributed by atoms with E-state index in [0.717, 1.165) is 11.1 Å². The molecule has 0 radical (unpaired) electrons. The minimum absolute atomic E-state index is 0.0277. The highest BCUT2D eigenvalue weighted by Gasteiger charge is 2.19. The molecule has 0 fully saturated rings. The Morgan fingerprint density at radius 3 is 2.14 bits per heavy atom. The summed E-state index contributed by atoms with van der Waals surface area (Å²) in [6.07, 6.45) is 0.444. The third-order valence-corrected chi connectivity index (χ3v) is 4.27. The summed E-state index contributed by atoms with van der Waals surface area (Å²) in [5.41, 5.74) is 2.81. The number of likely N-dealkylation sites (N-methyl/N-ethyl adjacent to an activating group) is 1. The fraction of sp³-hybridized carbons (Fsp3) is 0.318. The topological polar surface area (TPSA) is 78.5 Å². The first-order chi connectivity index (χ1) is 13.3. The molecule has 6 heteroatoms. The number of hydrogen-bond acceptors (Lipinski definition) is 4. The molecule has 2 amide bonds. The van der Waals surface area contributed by atoms with Gasteiger partial charge in [-0.15, -0.1) is 0 Å². The van der Waals surface area contributed by atoms with Gasteiger partial charge in [0.15, 0.2) is 5.78 Å². The Kier molecular flexibility index (Phi) is 7.89. The molecule has 2 rings (SSSR count). The summed E-state index contributed by atoms with van der Waals surface area (Å²) >= 11 is 0. The van der Waals surface area contributed by atoms with Crippen molar-refractivity contribution in [3.8, 4) is 0 Å². The molecule has 0 unspecified atom stereocenters. The number of benzene rings is 2. The van der Waals surface area contributed by atoms with Crippen molar-refractivity contribution in [3.63, 3.8) is 0 Å². The van der Waals surface area contributed by atoms with Crippen LogP contribution in [0.4, 0.5) is 5.69 Å². The second kappa shape index (κ2) is 10.4. The zero-order valence-corrected chi connectivity index (χ0v) is 16.6. The molecular weight excluding hydrogens is 354 g/mol. The van der Waals surface area contributed by atoms with E-state index >= 15 is 0 Å². The number of hydrogen-bond donors (Lipinski definition) is 2. The van der Waals surface area contributed by atoms with E-state index in [0.29, 0.717) is 12.1 Å². The molecule has 148 valence electrons. The first-order valence-corrected chi connectivity index (χ1v) is 9.22. The summed E-state index contributed by atoms with van der Waals surface area (Å²) in [6.45, 7) is 3.54. The quantitative estimate of drug-likeness (QED) is 0.698. The lowest BCUT2D eigenvalue weighted by Crippen LogP contribution is -2.46. The molecule has 28 heavy (non-hydrogen) atoms. The number of carbonyl (C=O) groups is 3. The Morgan fingerprint density at radius 1 is 0.929 bits per heavy atom. The third kappa shape index (κ3) is 7.32. The highest BCUT2D eigenvalue weighted by atomic mass is 16.2. The molecule has 0 saturated heterocycles. The van der Waals surface area contributed by atoms with Gasteiger partial charge in [0.25, 0.3) is 0 Å². The molecule has 1 atom stereocenters. The Balaban J connectivity index is 1.82. The number of ketones is 1. The van der Waals surface area contributed by atoms with Crippen molar-refractivity contribution in [2.45, 2.75) is 26.3 Å². The van der Waals surface area contributed by atoms with Crippen LogP contribution in [0.2, 0.25) is 0 Å². The van der Waals surface area contributed by atoms with Crippen molar-refractivity contribution in [1.29, 1.82) is 0 Å². The molecule has 0 aliphatic heterocycles. The number of carbonyl (C=O) groups excluding carboxylic acids is 3. The Hall–Kier alpha value is -2.99. The molecule has 2 aromatic carbocycles. The molecule has 2 aromatic rings. The number of nitrogens with one attached hydrogen (secondary N) is 2. The smallest absolute Gasteiger partial charge is 0.238 e.